The number of thioether (sulfide) groups is 1. The van der Waals surface area contributed by atoms with Crippen LogP contribution in [0.2, 0.25) is 10.0 Å². The van der Waals surface area contributed by atoms with Gasteiger partial charge in [-0.15, -0.1) is 0 Å². The van der Waals surface area contributed by atoms with Crippen LogP contribution >= 0.6 is 35.0 Å². The molecule has 0 fully saturated rings. The molecule has 6 nitrogen and oxygen atoms in total. The molecule has 0 saturated carbocycles. The number of nitrogens with zero attached hydrogens (tertiary/aromatic N) is 3. The minimum absolute atomic E-state index is 0.104. The Morgan fingerprint density at radius 1 is 1.03 bits per heavy atom. The first-order valence-electron chi connectivity index (χ1n) is 10.9. The predicted octanol–water partition coefficient (Wildman–Crippen LogP) is 6.04. The van der Waals surface area contributed by atoms with E-state index in [-0.39, 0.29) is 16.8 Å². The second-order valence-corrected chi connectivity index (χ2v) is 11.3. The van der Waals surface area contributed by atoms with Crippen LogP contribution < -0.4 is 9.73 Å². The summed E-state index contributed by atoms with van der Waals surface area (Å²) >= 11 is 13.7. The average molecular weight is 548 g/mol. The molecule has 10 heteroatoms. The molecule has 1 aliphatic heterocycles. The third kappa shape index (κ3) is 6.38. The van der Waals surface area contributed by atoms with Gasteiger partial charge >= 0.3 is 0 Å². The van der Waals surface area contributed by atoms with Crippen molar-refractivity contribution in [1.29, 1.82) is 0 Å². The van der Waals surface area contributed by atoms with E-state index in [2.05, 4.69) is 9.71 Å². The number of nitrogens with one attached hydrogen (secondary N) is 1. The standard InChI is InChI=1S/C25H24Cl2N4O2S2/c1-34-16-15-28-25(30-35(32,33)22-13-9-20(27)10-14-22)23-17-24(18-5-3-2-4-6-18)31(29-23)21-11-7-19(26)8-12-21/h2-14,24H,15-17H2,1H3,(H,28,30). The van der Waals surface area contributed by atoms with Crippen molar-refractivity contribution in [2.75, 3.05) is 23.6 Å². The largest absolute Gasteiger partial charge is 0.265 e. The number of aliphatic imine (C=N–C) groups is 1. The molecule has 1 N–H and O–H groups in total. The number of halogens is 2. The summed E-state index contributed by atoms with van der Waals surface area (Å²) in [4.78, 5) is 4.70. The maximum absolute atomic E-state index is 13.2. The first-order valence-corrected chi connectivity index (χ1v) is 14.5. The van der Waals surface area contributed by atoms with Gasteiger partial charge in [0.1, 0.15) is 5.71 Å². The second-order valence-electron chi connectivity index (χ2n) is 7.78. The quantitative estimate of drug-likeness (QED) is 0.212. The number of benzene rings is 3. The molecule has 1 heterocycles. The highest BCUT2D eigenvalue weighted by Gasteiger charge is 2.33. The zero-order valence-electron chi connectivity index (χ0n) is 18.9. The third-order valence-electron chi connectivity index (χ3n) is 5.38. The van der Waals surface area contributed by atoms with Gasteiger partial charge in [-0.1, -0.05) is 53.5 Å². The van der Waals surface area contributed by atoms with Crippen LogP contribution in [0.25, 0.3) is 0 Å². The summed E-state index contributed by atoms with van der Waals surface area (Å²) in [5, 5.41) is 7.82. The van der Waals surface area contributed by atoms with Gasteiger partial charge in [-0.25, -0.2) is 8.42 Å². The van der Waals surface area contributed by atoms with Gasteiger partial charge < -0.3 is 0 Å². The van der Waals surface area contributed by atoms with E-state index in [1.807, 2.05) is 65.9 Å². The van der Waals surface area contributed by atoms with Gasteiger partial charge in [0.2, 0.25) is 0 Å². The van der Waals surface area contributed by atoms with Crippen LogP contribution in [0.3, 0.4) is 0 Å². The Bertz CT molecular complexity index is 1310. The molecule has 0 amide bonds. The summed E-state index contributed by atoms with van der Waals surface area (Å²) in [6, 6.07) is 23.3. The number of anilines is 1. The predicted molar refractivity (Wildman–Crippen MR) is 148 cm³/mol. The second kappa shape index (κ2) is 11.5. The van der Waals surface area contributed by atoms with Gasteiger partial charge in [0, 0.05) is 22.2 Å². The minimum Gasteiger partial charge on any atom is -0.265 e. The minimum atomic E-state index is -3.88. The Morgan fingerprint density at radius 2 is 1.66 bits per heavy atom. The van der Waals surface area contributed by atoms with Gasteiger partial charge in [-0.3, -0.25) is 14.7 Å². The molecule has 35 heavy (non-hydrogen) atoms. The number of amidine groups is 1. The fourth-order valence-electron chi connectivity index (χ4n) is 3.65. The number of rotatable bonds is 8. The molecule has 0 bridgehead atoms. The van der Waals surface area contributed by atoms with Gasteiger partial charge in [0.05, 0.1) is 23.2 Å². The van der Waals surface area contributed by atoms with Gasteiger partial charge in [0.25, 0.3) is 10.0 Å². The topological polar surface area (TPSA) is 74.1 Å². The van der Waals surface area contributed by atoms with Crippen molar-refractivity contribution in [2.24, 2.45) is 10.1 Å². The Kier molecular flexibility index (Phi) is 8.38. The van der Waals surface area contributed by atoms with Crippen molar-refractivity contribution < 1.29 is 8.42 Å². The van der Waals surface area contributed by atoms with Gasteiger partial charge in [0.15, 0.2) is 5.84 Å². The lowest BCUT2D eigenvalue weighted by Crippen LogP contribution is -2.36. The number of hydrogen-bond acceptors (Lipinski definition) is 6. The van der Waals surface area contributed by atoms with Crippen LogP contribution in [0.5, 0.6) is 0 Å². The smallest absolute Gasteiger partial charge is 0.263 e. The van der Waals surface area contributed by atoms with E-state index in [0.29, 0.717) is 28.7 Å². The molecule has 1 atom stereocenters. The summed E-state index contributed by atoms with van der Waals surface area (Å²) in [6.07, 6.45) is 2.46. The molecule has 0 aromatic heterocycles. The van der Waals surface area contributed by atoms with E-state index in [1.54, 1.807) is 23.9 Å². The molecular formula is C25H24Cl2N4O2S2. The fraction of sp³-hybridized carbons (Fsp3) is 0.200. The van der Waals surface area contributed by atoms with E-state index in [9.17, 15) is 8.42 Å². The van der Waals surface area contributed by atoms with E-state index >= 15 is 0 Å². The van der Waals surface area contributed by atoms with Crippen LogP contribution in [-0.2, 0) is 10.0 Å². The first-order chi connectivity index (χ1) is 16.9. The molecular weight excluding hydrogens is 523 g/mol. The molecule has 3 aromatic carbocycles. The van der Waals surface area contributed by atoms with E-state index in [1.165, 1.54) is 12.1 Å². The molecule has 0 saturated heterocycles. The number of hydrazone groups is 1. The number of hydrogen-bond donors (Lipinski definition) is 1. The average Bonchev–Trinajstić information content (AvgIpc) is 3.30. The lowest BCUT2D eigenvalue weighted by atomic mass is 10.0. The zero-order valence-corrected chi connectivity index (χ0v) is 22.1. The normalized spacial score (nSPS) is 16.3. The highest BCUT2D eigenvalue weighted by Crippen LogP contribution is 2.36. The summed E-state index contributed by atoms with van der Waals surface area (Å²) in [7, 11) is -3.88. The van der Waals surface area contributed by atoms with E-state index < -0.39 is 10.0 Å². The molecule has 3 aromatic rings. The van der Waals surface area contributed by atoms with Gasteiger partial charge in [-0.2, -0.15) is 16.9 Å². The monoisotopic (exact) mass is 546 g/mol. The Morgan fingerprint density at radius 3 is 2.29 bits per heavy atom. The highest BCUT2D eigenvalue weighted by atomic mass is 35.5. The Balaban J connectivity index is 1.71. The van der Waals surface area contributed by atoms with Crippen molar-refractivity contribution in [1.82, 2.24) is 4.72 Å². The van der Waals surface area contributed by atoms with Crippen LogP contribution in [0, 0.1) is 0 Å². The van der Waals surface area contributed by atoms with Crippen LogP contribution in [0.15, 0.2) is 93.9 Å². The van der Waals surface area contributed by atoms with Crippen LogP contribution in [0.1, 0.15) is 18.0 Å². The molecule has 0 radical (unpaired) electrons. The van der Waals surface area contributed by atoms with Crippen LogP contribution in [0.4, 0.5) is 5.69 Å². The van der Waals surface area contributed by atoms with E-state index in [0.717, 1.165) is 17.0 Å². The molecule has 0 spiro atoms. The summed E-state index contributed by atoms with van der Waals surface area (Å²) in [6.45, 7) is 0.454. The fourth-order valence-corrected chi connectivity index (χ4v) is 5.23. The Hall–Kier alpha value is -2.52. The third-order valence-corrected chi connectivity index (χ3v) is 7.83. The van der Waals surface area contributed by atoms with Crippen molar-refractivity contribution in [2.45, 2.75) is 17.4 Å². The van der Waals surface area contributed by atoms with Crippen molar-refractivity contribution in [3.8, 4) is 0 Å². The zero-order chi connectivity index (χ0) is 24.8. The summed E-state index contributed by atoms with van der Waals surface area (Å²) in [5.74, 6) is 0.994. The van der Waals surface area contributed by atoms with Crippen LogP contribution in [-0.4, -0.2) is 38.5 Å². The lowest BCUT2D eigenvalue weighted by molar-refractivity contribution is 0.592. The maximum atomic E-state index is 13.2. The maximum Gasteiger partial charge on any atom is 0.263 e. The van der Waals surface area contributed by atoms with Crippen molar-refractivity contribution in [3.63, 3.8) is 0 Å². The molecule has 1 unspecified atom stereocenters. The van der Waals surface area contributed by atoms with E-state index in [4.69, 9.17) is 28.3 Å². The molecule has 0 aliphatic carbocycles. The van der Waals surface area contributed by atoms with Crippen molar-refractivity contribution >= 4 is 62.2 Å². The molecule has 182 valence electrons. The first kappa shape index (κ1) is 25.6. The lowest BCUT2D eigenvalue weighted by Gasteiger charge is -2.24. The highest BCUT2D eigenvalue weighted by molar-refractivity contribution is 7.98. The Labute approximate surface area is 220 Å². The SMILES string of the molecule is CSCCN=C(NS(=O)(=O)c1ccc(Cl)cc1)C1=NN(c2ccc(Cl)cc2)C(c2ccccc2)C1. The van der Waals surface area contributed by atoms with Crippen molar-refractivity contribution in [3.05, 3.63) is 94.5 Å². The summed E-state index contributed by atoms with van der Waals surface area (Å²) in [5.41, 5.74) is 2.47. The van der Waals surface area contributed by atoms with Gasteiger partial charge in [-0.05, 0) is 60.4 Å². The molecule has 1 aliphatic rings. The summed E-state index contributed by atoms with van der Waals surface area (Å²) < 4.78 is 29.0. The molecule has 4 rings (SSSR count). The number of sulfonamides is 1.